The normalized spacial score (nSPS) is 22.3. The van der Waals surface area contributed by atoms with Gasteiger partial charge in [-0.1, -0.05) is 54.0 Å². The number of alkyl carbamates (subject to hydrolysis) is 1. The Labute approximate surface area is 248 Å². The summed E-state index contributed by atoms with van der Waals surface area (Å²) in [6.45, 7) is 17.2. The third-order valence-corrected chi connectivity index (χ3v) is 8.14. The van der Waals surface area contributed by atoms with Gasteiger partial charge < -0.3 is 25.6 Å². The van der Waals surface area contributed by atoms with E-state index in [9.17, 15) is 24.0 Å². The smallest absolute Gasteiger partial charge is 0.408 e. The van der Waals surface area contributed by atoms with Crippen LogP contribution in [0, 0.1) is 22.7 Å². The number of pyridine rings is 1. The summed E-state index contributed by atoms with van der Waals surface area (Å²) in [7, 11) is 0. The number of rotatable bonds is 10. The van der Waals surface area contributed by atoms with Crippen molar-refractivity contribution in [2.45, 2.75) is 105 Å². The summed E-state index contributed by atoms with van der Waals surface area (Å²) in [5.74, 6) is -2.41. The minimum Gasteiger partial charge on any atom is -0.444 e. The molecule has 0 radical (unpaired) electrons. The molecule has 11 heteroatoms. The van der Waals surface area contributed by atoms with E-state index in [1.807, 2.05) is 27.7 Å². The van der Waals surface area contributed by atoms with Crippen molar-refractivity contribution in [1.29, 1.82) is 0 Å². The Morgan fingerprint density at radius 3 is 2.31 bits per heavy atom. The number of nitrogens with zero attached hydrogens (tertiary/aromatic N) is 2. The largest absolute Gasteiger partial charge is 0.444 e. The number of carbonyl (C=O) groups excluding carboxylic acids is 5. The fourth-order valence-electron chi connectivity index (χ4n) is 5.80. The first-order valence-corrected chi connectivity index (χ1v) is 14.7. The number of hydrogen-bond acceptors (Lipinski definition) is 7. The third kappa shape index (κ3) is 7.66. The van der Waals surface area contributed by atoms with Crippen LogP contribution in [0.25, 0.3) is 0 Å². The van der Waals surface area contributed by atoms with Crippen LogP contribution >= 0.6 is 0 Å². The highest BCUT2D eigenvalue weighted by atomic mass is 16.6. The number of piperidine rings is 1. The summed E-state index contributed by atoms with van der Waals surface area (Å²) in [5.41, 5.74) is -0.850. The molecule has 2 aliphatic rings. The van der Waals surface area contributed by atoms with E-state index < -0.39 is 52.8 Å². The van der Waals surface area contributed by atoms with Crippen LogP contribution in [0.2, 0.25) is 0 Å². The lowest BCUT2D eigenvalue weighted by Gasteiger charge is -2.38. The fraction of sp³-hybridized carbons (Fsp3) is 0.677. The molecule has 4 amide bonds. The van der Waals surface area contributed by atoms with Crippen LogP contribution in [0.3, 0.4) is 0 Å². The zero-order valence-corrected chi connectivity index (χ0v) is 26.4. The Morgan fingerprint density at radius 2 is 1.76 bits per heavy atom. The van der Waals surface area contributed by atoms with Gasteiger partial charge in [-0.2, -0.15) is 0 Å². The Hall–Kier alpha value is -3.50. The molecule has 3 N–H and O–H groups in total. The van der Waals surface area contributed by atoms with Crippen LogP contribution < -0.4 is 16.0 Å². The minimum absolute atomic E-state index is 0.0995. The Morgan fingerprint density at radius 1 is 1.10 bits per heavy atom. The second-order valence-electron chi connectivity index (χ2n) is 14.1. The van der Waals surface area contributed by atoms with E-state index in [2.05, 4.69) is 34.8 Å². The van der Waals surface area contributed by atoms with E-state index in [0.29, 0.717) is 13.0 Å². The maximum atomic E-state index is 14.0. The van der Waals surface area contributed by atoms with E-state index in [4.69, 9.17) is 4.74 Å². The van der Waals surface area contributed by atoms with Crippen LogP contribution in [-0.2, 0) is 30.5 Å². The molecule has 1 aromatic rings. The van der Waals surface area contributed by atoms with Gasteiger partial charge in [-0.3, -0.25) is 24.2 Å². The van der Waals surface area contributed by atoms with Gasteiger partial charge in [-0.05, 0) is 61.5 Å². The number of ketones is 1. The topological polar surface area (TPSA) is 147 Å². The molecule has 1 aliphatic carbocycles. The third-order valence-electron chi connectivity index (χ3n) is 8.14. The molecule has 5 atom stereocenters. The van der Waals surface area contributed by atoms with Crippen molar-refractivity contribution in [2.24, 2.45) is 22.7 Å². The van der Waals surface area contributed by atoms with Gasteiger partial charge in [0.15, 0.2) is 0 Å². The van der Waals surface area contributed by atoms with Crippen LogP contribution in [0.4, 0.5) is 4.79 Å². The lowest BCUT2D eigenvalue weighted by Crippen LogP contribution is -2.60. The molecular weight excluding hydrogens is 538 g/mol. The molecule has 1 saturated heterocycles. The number of ether oxygens (including phenoxy) is 1. The Kier molecular flexibility index (Phi) is 9.74. The van der Waals surface area contributed by atoms with Crippen LogP contribution in [0.1, 0.15) is 80.7 Å². The van der Waals surface area contributed by atoms with Gasteiger partial charge in [0.2, 0.25) is 17.6 Å². The molecule has 1 saturated carbocycles. The van der Waals surface area contributed by atoms with Crippen molar-refractivity contribution in [3.63, 3.8) is 0 Å². The number of fused-ring (bicyclic) bond motifs is 1. The molecule has 2 fully saturated rings. The molecule has 3 rings (SSSR count). The average molecular weight is 586 g/mol. The van der Waals surface area contributed by atoms with Gasteiger partial charge in [-0.15, -0.1) is 0 Å². The number of Topliss-reactive ketones (excluding diaryl/α,β-unsaturated/α-hetero) is 1. The highest BCUT2D eigenvalue weighted by Crippen LogP contribution is 2.65. The molecule has 0 spiro atoms. The first kappa shape index (κ1) is 33.0. The quantitative estimate of drug-likeness (QED) is 0.358. The standard InChI is InChI=1S/C31H47N5O6/c1-10-12-20(23(37)26(39)33-16-18-13-11-14-32-15-18)34-25(38)22-21-19(31(21,8)9)17-36(22)27(40)24(29(2,3)4)35-28(41)42-30(5,6)7/h11,13-15,19-22,24H,10,12,16-17H2,1-9H3,(H,33,39)(H,34,38)(H,35,41)/t19-,20?,21?,22-,24+/m0/s1. The number of nitrogens with one attached hydrogen (secondary N) is 3. The van der Waals surface area contributed by atoms with E-state index in [0.717, 1.165) is 5.56 Å². The maximum Gasteiger partial charge on any atom is 0.408 e. The highest BCUT2D eigenvalue weighted by molar-refractivity contribution is 6.38. The van der Waals surface area contributed by atoms with Crippen LogP contribution in [0.5, 0.6) is 0 Å². The van der Waals surface area contributed by atoms with Crippen molar-refractivity contribution in [3.05, 3.63) is 30.1 Å². The first-order chi connectivity index (χ1) is 19.4. The van der Waals surface area contributed by atoms with Crippen LogP contribution in [-0.4, -0.2) is 69.8 Å². The maximum absolute atomic E-state index is 14.0. The number of aromatic nitrogens is 1. The second kappa shape index (κ2) is 12.4. The van der Waals surface area contributed by atoms with Gasteiger partial charge in [-0.25, -0.2) is 4.79 Å². The molecule has 0 aromatic carbocycles. The van der Waals surface area contributed by atoms with Crippen molar-refractivity contribution in [1.82, 2.24) is 25.8 Å². The molecule has 42 heavy (non-hydrogen) atoms. The SMILES string of the molecule is CCCC(NC(=O)[C@@H]1C2[C@H](CN1C(=O)[C@@H](NC(=O)OC(C)(C)C)C(C)(C)C)C2(C)C)C(=O)C(=O)NCc1cccnc1. The monoisotopic (exact) mass is 585 g/mol. The summed E-state index contributed by atoms with van der Waals surface area (Å²) < 4.78 is 5.41. The van der Waals surface area contributed by atoms with Gasteiger partial charge in [0.05, 0.1) is 6.04 Å². The number of carbonyl (C=O) groups is 5. The molecule has 1 aliphatic heterocycles. The molecule has 1 aromatic heterocycles. The zero-order valence-electron chi connectivity index (χ0n) is 26.4. The molecule has 232 valence electrons. The predicted molar refractivity (Wildman–Crippen MR) is 157 cm³/mol. The summed E-state index contributed by atoms with van der Waals surface area (Å²) in [6.07, 6.45) is 3.32. The summed E-state index contributed by atoms with van der Waals surface area (Å²) >= 11 is 0. The fourth-order valence-corrected chi connectivity index (χ4v) is 5.80. The number of hydrogen-bond donors (Lipinski definition) is 3. The van der Waals surface area contributed by atoms with Crippen molar-refractivity contribution in [2.75, 3.05) is 6.54 Å². The van der Waals surface area contributed by atoms with Crippen molar-refractivity contribution >= 4 is 29.6 Å². The molecular formula is C31H47N5O6. The Bertz CT molecular complexity index is 1190. The van der Waals surface area contributed by atoms with Gasteiger partial charge >= 0.3 is 6.09 Å². The van der Waals surface area contributed by atoms with Crippen molar-refractivity contribution < 1.29 is 28.7 Å². The second-order valence-corrected chi connectivity index (χ2v) is 14.1. The summed E-state index contributed by atoms with van der Waals surface area (Å²) in [6, 6.07) is 0.693. The zero-order chi connectivity index (χ0) is 31.6. The number of likely N-dealkylation sites (tertiary alicyclic amines) is 1. The lowest BCUT2D eigenvalue weighted by molar-refractivity contribution is -0.145. The molecule has 11 nitrogen and oxygen atoms in total. The molecule has 0 bridgehead atoms. The average Bonchev–Trinajstić information content (AvgIpc) is 3.21. The van der Waals surface area contributed by atoms with E-state index in [-0.39, 0.29) is 36.1 Å². The lowest BCUT2D eigenvalue weighted by atomic mass is 9.85. The molecule has 2 heterocycles. The van der Waals surface area contributed by atoms with Gasteiger partial charge in [0.25, 0.3) is 5.91 Å². The van der Waals surface area contributed by atoms with E-state index in [1.54, 1.807) is 45.3 Å². The van der Waals surface area contributed by atoms with Crippen LogP contribution in [0.15, 0.2) is 24.5 Å². The van der Waals surface area contributed by atoms with Gasteiger partial charge in [0, 0.05) is 25.5 Å². The number of amides is 4. The minimum atomic E-state index is -1.03. The Balaban J connectivity index is 1.78. The van der Waals surface area contributed by atoms with Gasteiger partial charge in [0.1, 0.15) is 17.7 Å². The summed E-state index contributed by atoms with van der Waals surface area (Å²) in [5, 5.41) is 8.13. The predicted octanol–water partition coefficient (Wildman–Crippen LogP) is 2.97. The first-order valence-electron chi connectivity index (χ1n) is 14.7. The van der Waals surface area contributed by atoms with E-state index in [1.165, 1.54) is 4.90 Å². The highest BCUT2D eigenvalue weighted by Gasteiger charge is 2.70. The molecule has 2 unspecified atom stereocenters. The van der Waals surface area contributed by atoms with E-state index >= 15 is 0 Å². The van der Waals surface area contributed by atoms with Crippen molar-refractivity contribution in [3.8, 4) is 0 Å². The summed E-state index contributed by atoms with van der Waals surface area (Å²) in [4.78, 5) is 71.9.